The Kier molecular flexibility index (Phi) is 5.15. The van der Waals surface area contributed by atoms with Crippen LogP contribution < -0.4 is 10.6 Å². The molecule has 9 nitrogen and oxygen atoms in total. The molecule has 0 radical (unpaired) electrons. The van der Waals surface area contributed by atoms with E-state index in [0.29, 0.717) is 29.1 Å². The van der Waals surface area contributed by atoms with Crippen molar-refractivity contribution in [2.45, 2.75) is 13.3 Å². The molecule has 0 saturated heterocycles. The molecule has 0 fully saturated rings. The molecule has 0 aliphatic heterocycles. The van der Waals surface area contributed by atoms with Crippen molar-refractivity contribution in [2.24, 2.45) is 0 Å². The van der Waals surface area contributed by atoms with Crippen molar-refractivity contribution in [2.75, 3.05) is 23.3 Å². The minimum Gasteiger partial charge on any atom is -0.368 e. The number of hydrogen-bond acceptors (Lipinski definition) is 5. The van der Waals surface area contributed by atoms with E-state index in [1.807, 2.05) is 6.07 Å². The fraction of sp³-hybridized carbons (Fsp3) is 0.267. The predicted molar refractivity (Wildman–Crippen MR) is 101 cm³/mol. The van der Waals surface area contributed by atoms with Gasteiger partial charge in [0.25, 0.3) is 0 Å². The first-order valence-electron chi connectivity index (χ1n) is 7.78. The maximum absolute atomic E-state index is 11.2. The molecule has 26 heavy (non-hydrogen) atoms. The second-order valence-corrected chi connectivity index (χ2v) is 7.91. The van der Waals surface area contributed by atoms with Gasteiger partial charge in [0.1, 0.15) is 11.0 Å². The number of anilines is 2. The molecule has 1 aromatic carbocycles. The third-order valence-electron chi connectivity index (χ3n) is 3.66. The number of carbonyl (C=O) groups excluding carboxylic acids is 1. The van der Waals surface area contributed by atoms with E-state index in [4.69, 9.17) is 21.4 Å². The van der Waals surface area contributed by atoms with Gasteiger partial charge < -0.3 is 25.4 Å². The summed E-state index contributed by atoms with van der Waals surface area (Å²) in [5, 5.41) is 6.56. The van der Waals surface area contributed by atoms with E-state index in [1.165, 1.54) is 6.92 Å². The van der Waals surface area contributed by atoms with Gasteiger partial charge >= 0.3 is 7.60 Å². The van der Waals surface area contributed by atoms with E-state index < -0.39 is 7.60 Å². The number of benzene rings is 1. The molecule has 0 atom stereocenters. The number of aromatic nitrogens is 3. The lowest BCUT2D eigenvalue weighted by Crippen LogP contribution is -2.06. The van der Waals surface area contributed by atoms with E-state index >= 15 is 0 Å². The maximum atomic E-state index is 11.2. The van der Waals surface area contributed by atoms with Gasteiger partial charge in [0.05, 0.1) is 6.16 Å². The zero-order chi connectivity index (χ0) is 18.9. The summed E-state index contributed by atoms with van der Waals surface area (Å²) in [7, 11) is -4.03. The normalized spacial score (nSPS) is 11.8. The molecule has 3 rings (SSSR count). The van der Waals surface area contributed by atoms with Crippen molar-refractivity contribution in [1.82, 2.24) is 15.0 Å². The van der Waals surface area contributed by atoms with Crippen molar-refractivity contribution in [3.05, 3.63) is 23.5 Å². The van der Waals surface area contributed by atoms with Gasteiger partial charge in [-0.2, -0.15) is 4.98 Å². The molecule has 0 saturated carbocycles. The Morgan fingerprint density at radius 3 is 2.81 bits per heavy atom. The monoisotopic (exact) mass is 397 g/mol. The first-order chi connectivity index (χ1) is 12.2. The first-order valence-corrected chi connectivity index (χ1v) is 9.95. The molecule has 0 unspecified atom stereocenters. The minimum atomic E-state index is -4.03. The molecule has 0 aliphatic rings. The second kappa shape index (κ2) is 7.20. The van der Waals surface area contributed by atoms with E-state index in [9.17, 15) is 9.36 Å². The van der Waals surface area contributed by atoms with Crippen LogP contribution in [0.2, 0.25) is 5.28 Å². The highest BCUT2D eigenvalue weighted by Crippen LogP contribution is 2.35. The van der Waals surface area contributed by atoms with E-state index in [0.717, 1.165) is 10.9 Å². The number of nitrogens with one attached hydrogen (secondary N) is 3. The lowest BCUT2D eigenvalue weighted by Gasteiger charge is -2.07. The average molecular weight is 398 g/mol. The van der Waals surface area contributed by atoms with Crippen LogP contribution in [0.3, 0.4) is 0 Å². The number of aromatic amines is 1. The summed E-state index contributed by atoms with van der Waals surface area (Å²) in [6.45, 7) is 1.75. The van der Waals surface area contributed by atoms with Crippen LogP contribution in [0.1, 0.15) is 13.3 Å². The Bertz CT molecular complexity index is 1030. The van der Waals surface area contributed by atoms with Crippen molar-refractivity contribution >= 4 is 58.5 Å². The molecule has 0 aliphatic carbocycles. The summed E-state index contributed by atoms with van der Waals surface area (Å²) in [6.07, 6.45) is 0.0645. The third kappa shape index (κ3) is 4.31. The molecular formula is C15H17ClN5O4P. The lowest BCUT2D eigenvalue weighted by molar-refractivity contribution is -0.114. The van der Waals surface area contributed by atoms with Crippen molar-refractivity contribution in [1.29, 1.82) is 0 Å². The van der Waals surface area contributed by atoms with Gasteiger partial charge in [-0.15, -0.1) is 0 Å². The summed E-state index contributed by atoms with van der Waals surface area (Å²) < 4.78 is 10.9. The standard InChI is InChI=1S/C15H17ClN5O4P/c1-8(22)18-9-3-4-11-10(7-9)12-13(19-11)14(21-15(16)20-12)17-5-2-6-26(23,24)25/h3-4,7,19H,2,5-6H2,1H3,(H,18,22)(H,17,20,21)(H2,23,24,25). The van der Waals surface area contributed by atoms with Gasteiger partial charge in [-0.05, 0) is 36.2 Å². The molecule has 2 aromatic heterocycles. The highest BCUT2D eigenvalue weighted by molar-refractivity contribution is 7.51. The Morgan fingerprint density at radius 2 is 2.12 bits per heavy atom. The van der Waals surface area contributed by atoms with Crippen LogP contribution in [0.5, 0.6) is 0 Å². The van der Waals surface area contributed by atoms with Crippen LogP contribution in [0.25, 0.3) is 21.9 Å². The summed E-state index contributed by atoms with van der Waals surface area (Å²) in [5.74, 6) is 0.271. The Labute approximate surface area is 153 Å². The molecule has 1 amide bonds. The second-order valence-electron chi connectivity index (χ2n) is 5.80. The van der Waals surface area contributed by atoms with Crippen molar-refractivity contribution in [3.8, 4) is 0 Å². The number of H-pyrrole nitrogens is 1. The Hall–Kier alpha value is -2.19. The molecule has 2 heterocycles. The van der Waals surface area contributed by atoms with Crippen LogP contribution in [-0.2, 0) is 9.36 Å². The van der Waals surface area contributed by atoms with E-state index in [2.05, 4.69) is 25.6 Å². The Balaban J connectivity index is 1.94. The van der Waals surface area contributed by atoms with Crippen LogP contribution in [0.4, 0.5) is 11.5 Å². The number of fused-ring (bicyclic) bond motifs is 3. The van der Waals surface area contributed by atoms with Gasteiger partial charge in [0.2, 0.25) is 11.2 Å². The van der Waals surface area contributed by atoms with Crippen molar-refractivity contribution in [3.63, 3.8) is 0 Å². The third-order valence-corrected chi connectivity index (χ3v) is 4.72. The van der Waals surface area contributed by atoms with Crippen molar-refractivity contribution < 1.29 is 19.1 Å². The number of carbonyl (C=O) groups is 1. The fourth-order valence-corrected chi connectivity index (χ4v) is 3.37. The topological polar surface area (TPSA) is 140 Å². The van der Waals surface area contributed by atoms with E-state index in [-0.39, 0.29) is 23.8 Å². The molecule has 5 N–H and O–H groups in total. The van der Waals surface area contributed by atoms with Gasteiger partial charge in [0.15, 0.2) is 5.82 Å². The van der Waals surface area contributed by atoms with Crippen LogP contribution in [0, 0.1) is 0 Å². The quantitative estimate of drug-likeness (QED) is 0.244. The van der Waals surface area contributed by atoms with E-state index in [1.54, 1.807) is 12.1 Å². The van der Waals surface area contributed by atoms with Crippen LogP contribution in [0.15, 0.2) is 18.2 Å². The maximum Gasteiger partial charge on any atom is 0.325 e. The van der Waals surface area contributed by atoms with Gasteiger partial charge in [-0.1, -0.05) is 0 Å². The highest BCUT2D eigenvalue weighted by Gasteiger charge is 2.15. The molecular weight excluding hydrogens is 381 g/mol. The molecule has 3 aromatic rings. The summed E-state index contributed by atoms with van der Waals surface area (Å²) >= 11 is 6.02. The average Bonchev–Trinajstić information content (AvgIpc) is 2.88. The number of amides is 1. The zero-order valence-electron chi connectivity index (χ0n) is 13.8. The molecule has 11 heteroatoms. The van der Waals surface area contributed by atoms with Crippen LogP contribution in [-0.4, -0.2) is 43.4 Å². The van der Waals surface area contributed by atoms with Crippen LogP contribution >= 0.6 is 19.2 Å². The molecule has 0 bridgehead atoms. The Morgan fingerprint density at radius 1 is 1.35 bits per heavy atom. The largest absolute Gasteiger partial charge is 0.368 e. The van der Waals surface area contributed by atoms with Gasteiger partial charge in [-0.25, -0.2) is 4.98 Å². The number of hydrogen-bond donors (Lipinski definition) is 5. The summed E-state index contributed by atoms with van der Waals surface area (Å²) in [6, 6.07) is 5.37. The smallest absolute Gasteiger partial charge is 0.325 e. The number of nitrogens with zero attached hydrogens (tertiary/aromatic N) is 2. The summed E-state index contributed by atoms with van der Waals surface area (Å²) in [5.41, 5.74) is 2.64. The minimum absolute atomic E-state index is 0.0424. The highest BCUT2D eigenvalue weighted by atomic mass is 35.5. The number of rotatable bonds is 6. The first kappa shape index (κ1) is 18.6. The van der Waals surface area contributed by atoms with Gasteiger partial charge in [-0.3, -0.25) is 9.36 Å². The zero-order valence-corrected chi connectivity index (χ0v) is 15.4. The lowest BCUT2D eigenvalue weighted by atomic mass is 10.2. The summed E-state index contributed by atoms with van der Waals surface area (Å²) in [4.78, 5) is 40.7. The fourth-order valence-electron chi connectivity index (χ4n) is 2.63. The SMILES string of the molecule is CC(=O)Nc1ccc2[nH]c3c(NCCCP(=O)(O)O)nc(Cl)nc3c2c1. The van der Waals surface area contributed by atoms with Gasteiger partial charge in [0, 0.05) is 30.1 Å². The number of halogens is 1. The molecule has 0 spiro atoms. The predicted octanol–water partition coefficient (Wildman–Crippen LogP) is 2.70. The molecule has 138 valence electrons.